The first-order chi connectivity index (χ1) is 32.6. The molecule has 4 aromatic heterocycles. The van der Waals surface area contributed by atoms with Gasteiger partial charge in [0, 0.05) is 96.5 Å². The van der Waals surface area contributed by atoms with Crippen LogP contribution >= 0.6 is 0 Å². The first kappa shape index (κ1) is 55.2. The molecule has 1 aliphatic carbocycles. The van der Waals surface area contributed by atoms with E-state index in [9.17, 15) is 14.4 Å². The van der Waals surface area contributed by atoms with E-state index in [-0.39, 0.29) is 29.1 Å². The SMILES string of the molecule is CC(C)C(=O)N1CCCc2[nH]nc(C(C)C)c2C1.CC(C)CC(=O)N1CCCc2[nH]nc(C(C)C)c2C1.CC(C)c1n[nH]c2c1CCCCC2.CC(C)c1n[nH]c2c1CN(C(=O)C(C)(C)C)CCC2. The second-order valence-electron chi connectivity index (χ2n) is 23.1. The van der Waals surface area contributed by atoms with E-state index < -0.39 is 0 Å². The lowest BCUT2D eigenvalue weighted by Crippen LogP contribution is -2.39. The van der Waals surface area contributed by atoms with Crippen LogP contribution in [0.5, 0.6) is 0 Å². The topological polar surface area (TPSA) is 176 Å². The summed E-state index contributed by atoms with van der Waals surface area (Å²) in [6.07, 6.45) is 13.2. The third-order valence-electron chi connectivity index (χ3n) is 13.8. The number of hydrogen-bond donors (Lipinski definition) is 4. The van der Waals surface area contributed by atoms with E-state index in [1.54, 1.807) is 0 Å². The fourth-order valence-corrected chi connectivity index (χ4v) is 10.0. The van der Waals surface area contributed by atoms with Crippen LogP contribution in [0.3, 0.4) is 0 Å². The van der Waals surface area contributed by atoms with E-state index in [1.807, 2.05) is 49.3 Å². The molecule has 8 rings (SSSR count). The van der Waals surface area contributed by atoms with E-state index in [0.29, 0.717) is 42.6 Å². The minimum absolute atomic E-state index is 0.0703. The second kappa shape index (κ2) is 24.9. The number of amides is 3. The number of H-pyrrole nitrogens is 4. The van der Waals surface area contributed by atoms with E-state index in [4.69, 9.17) is 0 Å². The van der Waals surface area contributed by atoms with Crippen molar-refractivity contribution in [2.24, 2.45) is 17.3 Å². The predicted octanol–water partition coefficient (Wildman–Crippen LogP) is 11.0. The van der Waals surface area contributed by atoms with Gasteiger partial charge in [0.05, 0.1) is 22.8 Å². The fraction of sp³-hybridized carbons (Fsp3) is 0.727. The highest BCUT2D eigenvalue weighted by Gasteiger charge is 2.31. The lowest BCUT2D eigenvalue weighted by atomic mass is 9.94. The van der Waals surface area contributed by atoms with Crippen molar-refractivity contribution >= 4 is 17.7 Å². The summed E-state index contributed by atoms with van der Waals surface area (Å²) in [5.41, 5.74) is 14.7. The highest BCUT2D eigenvalue weighted by Crippen LogP contribution is 2.30. The van der Waals surface area contributed by atoms with Gasteiger partial charge in [0.1, 0.15) is 0 Å². The Balaban J connectivity index is 0.000000173. The smallest absolute Gasteiger partial charge is 0.228 e. The van der Waals surface area contributed by atoms with E-state index in [2.05, 4.69) is 110 Å². The molecule has 0 radical (unpaired) electrons. The van der Waals surface area contributed by atoms with Crippen molar-refractivity contribution in [2.45, 2.75) is 224 Å². The minimum atomic E-state index is -0.313. The molecule has 7 heterocycles. The van der Waals surface area contributed by atoms with Crippen molar-refractivity contribution in [2.75, 3.05) is 19.6 Å². The van der Waals surface area contributed by atoms with Crippen molar-refractivity contribution < 1.29 is 14.4 Å². The number of carbonyl (C=O) groups is 3. The average molecular weight is 954 g/mol. The first-order valence-corrected chi connectivity index (χ1v) is 26.7. The molecular formula is C55H91N11O3. The summed E-state index contributed by atoms with van der Waals surface area (Å²) in [6, 6.07) is 0. The second-order valence-corrected chi connectivity index (χ2v) is 23.1. The molecule has 0 saturated heterocycles. The highest BCUT2D eigenvalue weighted by molar-refractivity contribution is 5.81. The van der Waals surface area contributed by atoms with Gasteiger partial charge >= 0.3 is 0 Å². The molecule has 384 valence electrons. The minimum Gasteiger partial charge on any atom is -0.338 e. The Hall–Kier alpha value is -4.75. The lowest BCUT2D eigenvalue weighted by molar-refractivity contribution is -0.140. The van der Waals surface area contributed by atoms with Crippen LogP contribution in [-0.2, 0) is 66.1 Å². The van der Waals surface area contributed by atoms with Gasteiger partial charge in [0.2, 0.25) is 17.7 Å². The van der Waals surface area contributed by atoms with E-state index in [1.165, 1.54) is 82.8 Å². The van der Waals surface area contributed by atoms with Crippen molar-refractivity contribution in [3.8, 4) is 0 Å². The maximum Gasteiger partial charge on any atom is 0.228 e. The number of aromatic amines is 4. The van der Waals surface area contributed by atoms with Crippen LogP contribution in [0.2, 0.25) is 0 Å². The fourth-order valence-electron chi connectivity index (χ4n) is 10.0. The normalized spacial score (nSPS) is 16.3. The largest absolute Gasteiger partial charge is 0.338 e. The highest BCUT2D eigenvalue weighted by atomic mass is 16.2. The summed E-state index contributed by atoms with van der Waals surface area (Å²) in [5.74, 6) is 3.01. The van der Waals surface area contributed by atoms with Crippen LogP contribution in [-0.4, -0.2) is 92.8 Å². The molecule has 4 N–H and O–H groups in total. The zero-order valence-corrected chi connectivity index (χ0v) is 45.5. The molecule has 14 nitrogen and oxygen atoms in total. The van der Waals surface area contributed by atoms with Crippen LogP contribution in [0.25, 0.3) is 0 Å². The van der Waals surface area contributed by atoms with Gasteiger partial charge in [-0.15, -0.1) is 0 Å². The van der Waals surface area contributed by atoms with E-state index in [0.717, 1.165) is 88.3 Å². The summed E-state index contributed by atoms with van der Waals surface area (Å²) in [7, 11) is 0. The molecule has 4 aromatic rings. The molecule has 0 fully saturated rings. The number of nitrogens with zero attached hydrogens (tertiary/aromatic N) is 7. The molecule has 3 amide bonds. The number of carbonyl (C=O) groups excluding carboxylic acids is 3. The predicted molar refractivity (Wildman–Crippen MR) is 277 cm³/mol. The molecule has 14 heteroatoms. The van der Waals surface area contributed by atoms with Crippen molar-refractivity contribution in [3.63, 3.8) is 0 Å². The molecule has 4 aliphatic rings. The quantitative estimate of drug-likeness (QED) is 0.133. The molecule has 0 atom stereocenters. The molecule has 69 heavy (non-hydrogen) atoms. The summed E-state index contributed by atoms with van der Waals surface area (Å²) in [5, 5.41) is 30.4. The summed E-state index contributed by atoms with van der Waals surface area (Å²) in [4.78, 5) is 42.9. The number of hydrogen-bond acceptors (Lipinski definition) is 7. The number of aryl methyl sites for hydroxylation is 4. The zero-order valence-electron chi connectivity index (χ0n) is 45.5. The molecular weight excluding hydrogens is 863 g/mol. The molecule has 0 saturated carbocycles. The lowest BCUT2D eigenvalue weighted by Gasteiger charge is -2.28. The third kappa shape index (κ3) is 14.7. The van der Waals surface area contributed by atoms with Gasteiger partial charge in [0.25, 0.3) is 0 Å². The number of fused-ring (bicyclic) bond motifs is 4. The summed E-state index contributed by atoms with van der Waals surface area (Å²) < 4.78 is 0. The van der Waals surface area contributed by atoms with Gasteiger partial charge in [-0.05, 0) is 99.4 Å². The maximum absolute atomic E-state index is 12.5. The van der Waals surface area contributed by atoms with Crippen LogP contribution in [0, 0.1) is 17.3 Å². The maximum atomic E-state index is 12.5. The Labute approximate surface area is 415 Å². The van der Waals surface area contributed by atoms with Gasteiger partial charge in [-0.25, -0.2) is 0 Å². The van der Waals surface area contributed by atoms with Gasteiger partial charge in [0.15, 0.2) is 0 Å². The number of rotatable bonds is 7. The van der Waals surface area contributed by atoms with Crippen LogP contribution in [0.15, 0.2) is 0 Å². The van der Waals surface area contributed by atoms with Gasteiger partial charge in [-0.1, -0.05) is 110 Å². The number of aromatic nitrogens is 8. The first-order valence-electron chi connectivity index (χ1n) is 26.7. The summed E-state index contributed by atoms with van der Waals surface area (Å²) >= 11 is 0. The monoisotopic (exact) mass is 954 g/mol. The van der Waals surface area contributed by atoms with Gasteiger partial charge in [-0.2, -0.15) is 20.4 Å². The van der Waals surface area contributed by atoms with Crippen LogP contribution < -0.4 is 0 Å². The zero-order chi connectivity index (χ0) is 50.7. The van der Waals surface area contributed by atoms with Gasteiger partial charge in [-0.3, -0.25) is 34.8 Å². The van der Waals surface area contributed by atoms with Crippen molar-refractivity contribution in [3.05, 3.63) is 67.8 Å². The standard InChI is InChI=1S/2C15H25N3O.C14H23N3O.C11H18N2/c1-10(2)13-11-9-18(14(19)15(3,4)5)8-6-7-12(11)16-17-13;1-10(2)8-14(19)18-7-5-6-13-12(9-18)15(11(3)4)17-16-13;1-9(2)13-11-8-17(14(18)10(3)4)7-5-6-12(11)15-16-13;1-8(2)11-9-6-4-3-5-7-10(9)12-13-11/h10H,6-9H2,1-5H3,(H,16,17);10-11H,5-9H2,1-4H3,(H,16,17);9-10H,5-8H2,1-4H3,(H,15,16);8H,3-7H2,1-2H3,(H,12,13). The molecule has 0 bridgehead atoms. The Morgan fingerprint density at radius 3 is 1.22 bits per heavy atom. The van der Waals surface area contributed by atoms with Crippen LogP contribution in [0.1, 0.15) is 240 Å². The molecule has 0 spiro atoms. The molecule has 0 aromatic carbocycles. The Morgan fingerprint density at radius 1 is 0.464 bits per heavy atom. The van der Waals surface area contributed by atoms with Crippen molar-refractivity contribution in [1.82, 2.24) is 55.5 Å². The molecule has 3 aliphatic heterocycles. The Morgan fingerprint density at radius 2 is 0.812 bits per heavy atom. The Bertz CT molecular complexity index is 2260. The Kier molecular flexibility index (Phi) is 19.9. The van der Waals surface area contributed by atoms with Gasteiger partial charge < -0.3 is 14.7 Å². The molecule has 0 unspecified atom stereocenters. The van der Waals surface area contributed by atoms with Crippen molar-refractivity contribution in [1.29, 1.82) is 0 Å². The average Bonchev–Trinajstić information content (AvgIpc) is 3.93. The summed E-state index contributed by atoms with van der Waals surface area (Å²) in [6.45, 7) is 36.2. The van der Waals surface area contributed by atoms with Crippen LogP contribution in [0.4, 0.5) is 0 Å². The number of nitrogens with one attached hydrogen (secondary N) is 4. The third-order valence-corrected chi connectivity index (χ3v) is 13.8. The van der Waals surface area contributed by atoms with E-state index >= 15 is 0 Å².